The van der Waals surface area contributed by atoms with Crippen molar-refractivity contribution in [2.45, 2.75) is 26.4 Å². The van der Waals surface area contributed by atoms with E-state index < -0.39 is 0 Å². The number of rotatable bonds is 7. The first-order valence-corrected chi connectivity index (χ1v) is 6.31. The Bertz CT molecular complexity index is 435. The Labute approximate surface area is 113 Å². The number of amidine groups is 1. The number of hydrogen-bond donors (Lipinski definition) is 2. The van der Waals surface area contributed by atoms with Gasteiger partial charge in [-0.1, -0.05) is 0 Å². The first kappa shape index (κ1) is 15.6. The van der Waals surface area contributed by atoms with Crippen molar-refractivity contribution in [3.05, 3.63) is 35.1 Å². The predicted molar refractivity (Wildman–Crippen MR) is 74.8 cm³/mol. The molecule has 4 nitrogen and oxygen atoms in total. The van der Waals surface area contributed by atoms with Crippen LogP contribution in [0, 0.1) is 11.2 Å². The van der Waals surface area contributed by atoms with Gasteiger partial charge in [-0.2, -0.15) is 0 Å². The molecule has 0 aliphatic heterocycles. The summed E-state index contributed by atoms with van der Waals surface area (Å²) in [4.78, 5) is 2.18. The molecule has 0 amide bonds. The second-order valence-electron chi connectivity index (χ2n) is 4.82. The van der Waals surface area contributed by atoms with Crippen LogP contribution in [0.2, 0.25) is 0 Å². The lowest BCUT2D eigenvalue weighted by atomic mass is 10.1. The van der Waals surface area contributed by atoms with Crippen LogP contribution in [0.1, 0.15) is 25.0 Å². The summed E-state index contributed by atoms with van der Waals surface area (Å²) in [6.07, 6.45) is 0. The van der Waals surface area contributed by atoms with Gasteiger partial charge in [-0.3, -0.25) is 10.3 Å². The molecule has 5 heteroatoms. The van der Waals surface area contributed by atoms with Crippen molar-refractivity contribution in [3.63, 3.8) is 0 Å². The van der Waals surface area contributed by atoms with Crippen molar-refractivity contribution in [1.82, 2.24) is 4.90 Å². The van der Waals surface area contributed by atoms with Crippen LogP contribution in [0.3, 0.4) is 0 Å². The number of nitrogens with two attached hydrogens (primary N) is 1. The zero-order valence-corrected chi connectivity index (χ0v) is 11.7. The monoisotopic (exact) mass is 267 g/mol. The SMILES string of the molecule is COCCN(Cc1cc(F)cc(C(=N)N)c1)C(C)C. The minimum absolute atomic E-state index is 0.117. The lowest BCUT2D eigenvalue weighted by Crippen LogP contribution is -2.33. The number of methoxy groups -OCH3 is 1. The topological polar surface area (TPSA) is 62.3 Å². The maximum Gasteiger partial charge on any atom is 0.124 e. The zero-order valence-electron chi connectivity index (χ0n) is 11.7. The van der Waals surface area contributed by atoms with E-state index in [9.17, 15) is 4.39 Å². The summed E-state index contributed by atoms with van der Waals surface area (Å²) in [5.74, 6) is -0.480. The fourth-order valence-corrected chi connectivity index (χ4v) is 1.86. The Hall–Kier alpha value is -1.46. The first-order valence-electron chi connectivity index (χ1n) is 6.31. The number of benzene rings is 1. The molecule has 1 aromatic rings. The molecule has 0 atom stereocenters. The number of ether oxygens (including phenoxy) is 1. The van der Waals surface area contributed by atoms with E-state index in [-0.39, 0.29) is 11.7 Å². The number of nitrogens with one attached hydrogen (secondary N) is 1. The summed E-state index contributed by atoms with van der Waals surface area (Å²) in [5.41, 5.74) is 6.64. The molecule has 0 spiro atoms. The Balaban J connectivity index is 2.86. The third-order valence-corrected chi connectivity index (χ3v) is 2.97. The number of nitrogens with zero attached hydrogens (tertiary/aromatic N) is 1. The quantitative estimate of drug-likeness (QED) is 0.586. The molecule has 3 N–H and O–H groups in total. The molecule has 106 valence electrons. The van der Waals surface area contributed by atoms with Gasteiger partial charge in [0.05, 0.1) is 6.61 Å². The molecule has 0 fully saturated rings. The van der Waals surface area contributed by atoms with Gasteiger partial charge in [-0.25, -0.2) is 4.39 Å². The van der Waals surface area contributed by atoms with E-state index in [2.05, 4.69) is 18.7 Å². The highest BCUT2D eigenvalue weighted by atomic mass is 19.1. The van der Waals surface area contributed by atoms with Crippen LogP contribution in [0.4, 0.5) is 4.39 Å². The van der Waals surface area contributed by atoms with E-state index >= 15 is 0 Å². The highest BCUT2D eigenvalue weighted by Crippen LogP contribution is 2.13. The number of hydrogen-bond acceptors (Lipinski definition) is 3. The van der Waals surface area contributed by atoms with Crippen LogP contribution in [0.15, 0.2) is 18.2 Å². The second kappa shape index (κ2) is 7.21. The minimum Gasteiger partial charge on any atom is -0.384 e. The average Bonchev–Trinajstić information content (AvgIpc) is 2.33. The third kappa shape index (κ3) is 4.96. The second-order valence-corrected chi connectivity index (χ2v) is 4.82. The molecule has 0 aromatic heterocycles. The number of halogens is 1. The molecule has 0 heterocycles. The normalized spacial score (nSPS) is 11.3. The summed E-state index contributed by atoms with van der Waals surface area (Å²) in [6, 6.07) is 4.85. The smallest absolute Gasteiger partial charge is 0.124 e. The Morgan fingerprint density at radius 1 is 1.42 bits per heavy atom. The lowest BCUT2D eigenvalue weighted by Gasteiger charge is -2.26. The average molecular weight is 267 g/mol. The van der Waals surface area contributed by atoms with Gasteiger partial charge in [0.1, 0.15) is 11.7 Å². The molecule has 1 rings (SSSR count). The van der Waals surface area contributed by atoms with E-state index in [1.165, 1.54) is 12.1 Å². The molecule has 0 unspecified atom stereocenters. The van der Waals surface area contributed by atoms with Gasteiger partial charge in [0.25, 0.3) is 0 Å². The fourth-order valence-electron chi connectivity index (χ4n) is 1.86. The lowest BCUT2D eigenvalue weighted by molar-refractivity contribution is 0.125. The van der Waals surface area contributed by atoms with Crippen LogP contribution in [0.5, 0.6) is 0 Å². The standard InChI is InChI=1S/C14H22FN3O/c1-10(2)18(4-5-19-3)9-11-6-12(14(16)17)8-13(15)7-11/h6-8,10H,4-5,9H2,1-3H3,(H3,16,17). The largest absolute Gasteiger partial charge is 0.384 e. The van der Waals surface area contributed by atoms with Crippen molar-refractivity contribution in [2.75, 3.05) is 20.3 Å². The highest BCUT2D eigenvalue weighted by Gasteiger charge is 2.11. The molecule has 19 heavy (non-hydrogen) atoms. The summed E-state index contributed by atoms with van der Waals surface area (Å²) in [7, 11) is 1.66. The van der Waals surface area contributed by atoms with Gasteiger partial charge >= 0.3 is 0 Å². The molecule has 0 saturated carbocycles. The minimum atomic E-state index is -0.363. The molecular weight excluding hydrogens is 245 g/mol. The summed E-state index contributed by atoms with van der Waals surface area (Å²) in [5, 5.41) is 7.38. The maximum absolute atomic E-state index is 13.5. The molecule has 0 saturated heterocycles. The van der Waals surface area contributed by atoms with E-state index in [1.807, 2.05) is 0 Å². The van der Waals surface area contributed by atoms with Crippen molar-refractivity contribution in [2.24, 2.45) is 5.73 Å². The predicted octanol–water partition coefficient (Wildman–Crippen LogP) is 1.97. The highest BCUT2D eigenvalue weighted by molar-refractivity contribution is 5.95. The van der Waals surface area contributed by atoms with E-state index in [4.69, 9.17) is 15.9 Å². The van der Waals surface area contributed by atoms with Gasteiger partial charge in [0.15, 0.2) is 0 Å². The molecule has 1 aromatic carbocycles. The Morgan fingerprint density at radius 3 is 2.63 bits per heavy atom. The van der Waals surface area contributed by atoms with E-state index in [0.717, 1.165) is 12.1 Å². The van der Waals surface area contributed by atoms with Crippen molar-refractivity contribution >= 4 is 5.84 Å². The third-order valence-electron chi connectivity index (χ3n) is 2.97. The summed E-state index contributed by atoms with van der Waals surface area (Å²) in [6.45, 7) is 6.19. The Kier molecular flexibility index (Phi) is 5.92. The van der Waals surface area contributed by atoms with Crippen LogP contribution in [-0.2, 0) is 11.3 Å². The van der Waals surface area contributed by atoms with Crippen LogP contribution >= 0.6 is 0 Å². The summed E-state index contributed by atoms with van der Waals surface area (Å²) >= 11 is 0. The Morgan fingerprint density at radius 2 is 2.11 bits per heavy atom. The fraction of sp³-hybridized carbons (Fsp3) is 0.500. The van der Waals surface area contributed by atoms with E-state index in [0.29, 0.717) is 24.8 Å². The van der Waals surface area contributed by atoms with Gasteiger partial charge in [-0.05, 0) is 37.6 Å². The van der Waals surface area contributed by atoms with E-state index in [1.54, 1.807) is 13.2 Å². The first-order chi connectivity index (χ1) is 8.93. The molecule has 0 bridgehead atoms. The number of nitrogen functional groups attached to an aromatic ring is 1. The molecule has 0 radical (unpaired) electrons. The maximum atomic E-state index is 13.5. The molecule has 0 aliphatic carbocycles. The van der Waals surface area contributed by atoms with Crippen LogP contribution in [-0.4, -0.2) is 37.0 Å². The van der Waals surface area contributed by atoms with Crippen LogP contribution in [0.25, 0.3) is 0 Å². The zero-order chi connectivity index (χ0) is 14.4. The van der Waals surface area contributed by atoms with Gasteiger partial charge < -0.3 is 10.5 Å². The van der Waals surface area contributed by atoms with Crippen molar-refractivity contribution in [3.8, 4) is 0 Å². The van der Waals surface area contributed by atoms with Crippen LogP contribution < -0.4 is 5.73 Å². The van der Waals surface area contributed by atoms with Gasteiger partial charge in [-0.15, -0.1) is 0 Å². The summed E-state index contributed by atoms with van der Waals surface area (Å²) < 4.78 is 18.6. The van der Waals surface area contributed by atoms with Crippen molar-refractivity contribution < 1.29 is 9.13 Å². The van der Waals surface area contributed by atoms with Gasteiger partial charge in [0, 0.05) is 31.8 Å². The molecular formula is C14H22FN3O. The van der Waals surface area contributed by atoms with Gasteiger partial charge in [0.2, 0.25) is 0 Å². The van der Waals surface area contributed by atoms with Crippen molar-refractivity contribution in [1.29, 1.82) is 5.41 Å². The molecule has 0 aliphatic rings.